The number of benzene rings is 1. The van der Waals surface area contributed by atoms with Crippen LogP contribution in [0.2, 0.25) is 0 Å². The van der Waals surface area contributed by atoms with Crippen molar-refractivity contribution < 1.29 is 0 Å². The van der Waals surface area contributed by atoms with Gasteiger partial charge in [0.05, 0.1) is 24.0 Å². The molecule has 0 saturated heterocycles. The zero-order valence-corrected chi connectivity index (χ0v) is 12.4. The van der Waals surface area contributed by atoms with E-state index in [9.17, 15) is 0 Å². The summed E-state index contributed by atoms with van der Waals surface area (Å²) in [6, 6.07) is 10.3. The van der Waals surface area contributed by atoms with Crippen molar-refractivity contribution in [1.82, 2.24) is 25.3 Å². The molecule has 0 radical (unpaired) electrons. The summed E-state index contributed by atoms with van der Waals surface area (Å²) in [6.07, 6.45) is 1.99. The first-order valence-electron chi connectivity index (χ1n) is 7.21. The van der Waals surface area contributed by atoms with Crippen molar-refractivity contribution in [3.63, 3.8) is 0 Å². The Morgan fingerprint density at radius 1 is 1.24 bits per heavy atom. The molecule has 2 aromatic heterocycles. The van der Waals surface area contributed by atoms with E-state index in [0.29, 0.717) is 6.54 Å². The van der Waals surface area contributed by atoms with Gasteiger partial charge in [-0.3, -0.25) is 4.98 Å². The monoisotopic (exact) mass is 281 g/mol. The number of fused-ring (bicyclic) bond motifs is 1. The van der Waals surface area contributed by atoms with Crippen molar-refractivity contribution in [3.05, 3.63) is 53.5 Å². The van der Waals surface area contributed by atoms with Gasteiger partial charge in [-0.15, -0.1) is 5.10 Å². The van der Waals surface area contributed by atoms with Crippen LogP contribution in [0.3, 0.4) is 0 Å². The van der Waals surface area contributed by atoms with Crippen molar-refractivity contribution in [2.24, 2.45) is 0 Å². The fourth-order valence-corrected chi connectivity index (χ4v) is 2.45. The Bertz CT molecular complexity index is 747. The van der Waals surface area contributed by atoms with Crippen molar-refractivity contribution in [2.45, 2.75) is 26.9 Å². The zero-order chi connectivity index (χ0) is 14.7. The molecular weight excluding hydrogens is 262 g/mol. The first-order valence-corrected chi connectivity index (χ1v) is 7.21. The summed E-state index contributed by atoms with van der Waals surface area (Å²) in [6.45, 7) is 6.50. The first kappa shape index (κ1) is 13.7. The molecule has 1 N–H and O–H groups in total. The van der Waals surface area contributed by atoms with Gasteiger partial charge in [0.1, 0.15) is 0 Å². The topological polar surface area (TPSA) is 55.6 Å². The highest BCUT2D eigenvalue weighted by Crippen LogP contribution is 2.19. The summed E-state index contributed by atoms with van der Waals surface area (Å²) in [5, 5.41) is 12.8. The average Bonchev–Trinajstić information content (AvgIpc) is 2.92. The number of hydrogen-bond acceptors (Lipinski definition) is 4. The van der Waals surface area contributed by atoms with Crippen molar-refractivity contribution in [2.75, 3.05) is 6.54 Å². The summed E-state index contributed by atoms with van der Waals surface area (Å²) in [5.41, 5.74) is 4.24. The minimum absolute atomic E-state index is 0.711. The number of pyridine rings is 1. The summed E-state index contributed by atoms with van der Waals surface area (Å²) in [5.74, 6) is 0. The molecular formula is C16H19N5. The average molecular weight is 281 g/mol. The van der Waals surface area contributed by atoms with Crippen LogP contribution >= 0.6 is 0 Å². The van der Waals surface area contributed by atoms with E-state index in [1.54, 1.807) is 0 Å². The van der Waals surface area contributed by atoms with Gasteiger partial charge in [-0.1, -0.05) is 30.3 Å². The molecule has 0 aliphatic carbocycles. The van der Waals surface area contributed by atoms with Crippen molar-refractivity contribution in [3.8, 4) is 0 Å². The highest BCUT2D eigenvalue weighted by molar-refractivity contribution is 5.82. The largest absolute Gasteiger partial charge is 0.311 e. The summed E-state index contributed by atoms with van der Waals surface area (Å²) < 4.78 is 1.88. The van der Waals surface area contributed by atoms with E-state index in [0.717, 1.165) is 30.0 Å². The van der Waals surface area contributed by atoms with Crippen LogP contribution in [0.25, 0.3) is 10.9 Å². The number of rotatable bonds is 5. The molecule has 1 aromatic carbocycles. The van der Waals surface area contributed by atoms with Gasteiger partial charge in [-0.2, -0.15) is 0 Å². The van der Waals surface area contributed by atoms with Gasteiger partial charge in [0.2, 0.25) is 0 Å². The highest BCUT2D eigenvalue weighted by Gasteiger charge is 2.06. The Morgan fingerprint density at radius 3 is 2.95 bits per heavy atom. The quantitative estimate of drug-likeness (QED) is 0.779. The van der Waals surface area contributed by atoms with Crippen molar-refractivity contribution >= 4 is 10.9 Å². The molecule has 5 nitrogen and oxygen atoms in total. The fourth-order valence-electron chi connectivity index (χ4n) is 2.45. The van der Waals surface area contributed by atoms with Crippen LogP contribution in [0, 0.1) is 6.92 Å². The molecule has 0 unspecified atom stereocenters. The smallest absolute Gasteiger partial charge is 0.0964 e. The third-order valence-corrected chi connectivity index (χ3v) is 3.40. The van der Waals surface area contributed by atoms with Crippen LogP contribution in [0.4, 0.5) is 0 Å². The molecule has 108 valence electrons. The van der Waals surface area contributed by atoms with E-state index in [4.69, 9.17) is 0 Å². The van der Waals surface area contributed by atoms with E-state index in [2.05, 4.69) is 39.7 Å². The van der Waals surface area contributed by atoms with E-state index in [1.807, 2.05) is 36.0 Å². The van der Waals surface area contributed by atoms with E-state index < -0.39 is 0 Å². The lowest BCUT2D eigenvalue weighted by molar-refractivity contribution is 0.650. The predicted octanol–water partition coefficient (Wildman–Crippen LogP) is 2.29. The lowest BCUT2D eigenvalue weighted by Gasteiger charge is -2.07. The van der Waals surface area contributed by atoms with Crippen LogP contribution < -0.4 is 5.32 Å². The normalized spacial score (nSPS) is 11.1. The van der Waals surface area contributed by atoms with Crippen LogP contribution in [0.15, 0.2) is 36.5 Å². The first-order chi connectivity index (χ1) is 10.3. The Labute approximate surface area is 124 Å². The van der Waals surface area contributed by atoms with Crippen LogP contribution in [0.5, 0.6) is 0 Å². The standard InChI is InChI=1S/C16H19N5/c1-3-17-9-14-11-21(20-19-14)10-13-8-12(2)18-16-7-5-4-6-15(13)16/h4-8,11,17H,3,9-10H2,1-2H3. The molecule has 0 amide bonds. The zero-order valence-electron chi connectivity index (χ0n) is 12.4. The molecule has 0 spiro atoms. The molecule has 21 heavy (non-hydrogen) atoms. The number of nitrogens with zero attached hydrogens (tertiary/aromatic N) is 4. The van der Waals surface area contributed by atoms with E-state index in [-0.39, 0.29) is 0 Å². The number of hydrogen-bond donors (Lipinski definition) is 1. The predicted molar refractivity (Wildman–Crippen MR) is 83.0 cm³/mol. The molecule has 0 aliphatic rings. The maximum atomic E-state index is 4.57. The minimum Gasteiger partial charge on any atom is -0.311 e. The van der Waals surface area contributed by atoms with Gasteiger partial charge >= 0.3 is 0 Å². The SMILES string of the molecule is CCNCc1cn(Cc2cc(C)nc3ccccc23)nn1. The number of aryl methyl sites for hydroxylation is 1. The Morgan fingerprint density at radius 2 is 2.10 bits per heavy atom. The summed E-state index contributed by atoms with van der Waals surface area (Å²) >= 11 is 0. The molecule has 0 fully saturated rings. The lowest BCUT2D eigenvalue weighted by Crippen LogP contribution is -2.11. The third kappa shape index (κ3) is 3.08. The molecule has 5 heteroatoms. The molecule has 2 heterocycles. The van der Waals surface area contributed by atoms with Crippen LogP contribution in [-0.4, -0.2) is 26.5 Å². The summed E-state index contributed by atoms with van der Waals surface area (Å²) in [4.78, 5) is 4.57. The number of para-hydroxylation sites is 1. The van der Waals surface area contributed by atoms with Gasteiger partial charge in [0, 0.05) is 17.6 Å². The van der Waals surface area contributed by atoms with Gasteiger partial charge in [0.25, 0.3) is 0 Å². The maximum Gasteiger partial charge on any atom is 0.0964 e. The molecule has 0 aliphatic heterocycles. The van der Waals surface area contributed by atoms with Crippen molar-refractivity contribution in [1.29, 1.82) is 0 Å². The maximum absolute atomic E-state index is 4.57. The molecule has 3 aromatic rings. The van der Waals surface area contributed by atoms with Crippen LogP contribution in [0.1, 0.15) is 23.9 Å². The molecule has 3 rings (SSSR count). The second kappa shape index (κ2) is 6.01. The van der Waals surface area contributed by atoms with Gasteiger partial charge in [-0.25, -0.2) is 4.68 Å². The van der Waals surface area contributed by atoms with E-state index in [1.165, 1.54) is 10.9 Å². The Balaban J connectivity index is 1.89. The Kier molecular flexibility index (Phi) is 3.92. The fraction of sp³-hybridized carbons (Fsp3) is 0.312. The minimum atomic E-state index is 0.711. The second-order valence-electron chi connectivity index (χ2n) is 5.13. The van der Waals surface area contributed by atoms with Gasteiger partial charge < -0.3 is 5.32 Å². The summed E-state index contributed by atoms with van der Waals surface area (Å²) in [7, 11) is 0. The molecule has 0 saturated carbocycles. The van der Waals surface area contributed by atoms with E-state index >= 15 is 0 Å². The highest BCUT2D eigenvalue weighted by atomic mass is 15.4. The third-order valence-electron chi connectivity index (χ3n) is 3.40. The Hall–Kier alpha value is -2.27. The van der Waals surface area contributed by atoms with Gasteiger partial charge in [0.15, 0.2) is 0 Å². The second-order valence-corrected chi connectivity index (χ2v) is 5.13. The lowest BCUT2D eigenvalue weighted by atomic mass is 10.1. The van der Waals surface area contributed by atoms with Gasteiger partial charge in [-0.05, 0) is 31.2 Å². The molecule has 0 bridgehead atoms. The number of aromatic nitrogens is 4. The molecule has 0 atom stereocenters. The number of nitrogens with one attached hydrogen (secondary N) is 1. The van der Waals surface area contributed by atoms with Crippen LogP contribution in [-0.2, 0) is 13.1 Å².